The second kappa shape index (κ2) is 9.29. The van der Waals surface area contributed by atoms with E-state index in [1.807, 2.05) is 31.2 Å². The predicted octanol–water partition coefficient (Wildman–Crippen LogP) is 4.51. The minimum Gasteiger partial charge on any atom is -0.490 e. The van der Waals surface area contributed by atoms with Gasteiger partial charge in [0.2, 0.25) is 0 Å². The number of carbonyl (C=O) groups is 1. The van der Waals surface area contributed by atoms with E-state index in [0.717, 1.165) is 31.6 Å². The highest BCUT2D eigenvalue weighted by atomic mass is 19.4. The Bertz CT molecular complexity index is 944. The topological polar surface area (TPSA) is 69.3 Å². The first kappa shape index (κ1) is 22.9. The van der Waals surface area contributed by atoms with Crippen molar-refractivity contribution in [3.05, 3.63) is 48.5 Å². The number of nitrogens with zero attached hydrogens (tertiary/aromatic N) is 1. The highest BCUT2D eigenvalue weighted by molar-refractivity contribution is 5.70. The quantitative estimate of drug-likeness (QED) is 0.648. The zero-order chi connectivity index (χ0) is 23.5. The number of halogens is 3. The van der Waals surface area contributed by atoms with Gasteiger partial charge < -0.3 is 29.2 Å². The lowest BCUT2D eigenvalue weighted by Gasteiger charge is -2.33. The highest BCUT2D eigenvalue weighted by Gasteiger charge is 2.36. The lowest BCUT2D eigenvalue weighted by Crippen LogP contribution is -2.38. The molecule has 2 heterocycles. The Morgan fingerprint density at radius 2 is 1.64 bits per heavy atom. The van der Waals surface area contributed by atoms with Gasteiger partial charge in [0.25, 0.3) is 0 Å². The number of piperidine rings is 1. The molecule has 1 N–H and O–H groups in total. The molecule has 2 aliphatic rings. The molecule has 2 aromatic rings. The molecule has 178 valence electrons. The molecule has 2 fully saturated rings. The lowest BCUT2D eigenvalue weighted by molar-refractivity contribution is -0.274. The summed E-state index contributed by atoms with van der Waals surface area (Å²) >= 11 is 0. The van der Waals surface area contributed by atoms with Crippen LogP contribution < -0.4 is 24.4 Å². The van der Waals surface area contributed by atoms with Crippen LogP contribution >= 0.6 is 0 Å². The molecule has 7 nitrogen and oxygen atoms in total. The number of carbonyl (C=O) groups excluding carboxylic acids is 1. The van der Waals surface area contributed by atoms with E-state index >= 15 is 0 Å². The van der Waals surface area contributed by atoms with Gasteiger partial charge in [0.05, 0.1) is 6.54 Å². The minimum absolute atomic E-state index is 0.0123. The van der Waals surface area contributed by atoms with Gasteiger partial charge in [0, 0.05) is 31.6 Å². The molecule has 2 aliphatic heterocycles. The Hall–Kier alpha value is -3.30. The van der Waals surface area contributed by atoms with Crippen LogP contribution in [0.4, 0.5) is 23.7 Å². The largest absolute Gasteiger partial charge is 0.573 e. The van der Waals surface area contributed by atoms with Gasteiger partial charge in [-0.3, -0.25) is 0 Å². The van der Waals surface area contributed by atoms with Crippen molar-refractivity contribution >= 4 is 11.8 Å². The van der Waals surface area contributed by atoms with Crippen molar-refractivity contribution in [1.29, 1.82) is 0 Å². The number of ether oxygens (including phenoxy) is 4. The molecule has 0 bridgehead atoms. The van der Waals surface area contributed by atoms with Crippen molar-refractivity contribution in [1.82, 2.24) is 5.32 Å². The zero-order valence-electron chi connectivity index (χ0n) is 18.1. The summed E-state index contributed by atoms with van der Waals surface area (Å²) in [6, 6.07) is 13.2. The first-order chi connectivity index (χ1) is 15.7. The van der Waals surface area contributed by atoms with E-state index in [0.29, 0.717) is 18.0 Å². The molecular formula is C23H25F3N2O5. The minimum atomic E-state index is -4.71. The Kier molecular flexibility index (Phi) is 6.44. The number of hydrogen-bond donors (Lipinski definition) is 1. The van der Waals surface area contributed by atoms with Gasteiger partial charge >= 0.3 is 12.5 Å². The van der Waals surface area contributed by atoms with Gasteiger partial charge in [0.1, 0.15) is 30.0 Å². The molecule has 4 rings (SSSR count). The van der Waals surface area contributed by atoms with Crippen LogP contribution in [0.3, 0.4) is 0 Å². The molecule has 1 amide bonds. The van der Waals surface area contributed by atoms with E-state index in [4.69, 9.17) is 14.2 Å². The standard InChI is InChI=1S/C23H25F3N2O5/c1-22(14-27-21(29)33-22)15-30-17-4-2-16(3-5-17)28-12-10-19(11-13-28)31-18-6-8-20(9-7-18)32-23(24,25)26/h2-9,19H,10-15H2,1H3,(H,27,29)/t22-/m1/s1. The molecule has 0 saturated carbocycles. The first-order valence-corrected chi connectivity index (χ1v) is 10.6. The van der Waals surface area contributed by atoms with Gasteiger partial charge in [-0.2, -0.15) is 0 Å². The van der Waals surface area contributed by atoms with Gasteiger partial charge in [-0.05, 0) is 55.5 Å². The predicted molar refractivity (Wildman–Crippen MR) is 114 cm³/mol. The van der Waals surface area contributed by atoms with E-state index in [1.54, 1.807) is 0 Å². The number of anilines is 1. The molecule has 10 heteroatoms. The Morgan fingerprint density at radius 1 is 1.03 bits per heavy atom. The molecule has 2 saturated heterocycles. The van der Waals surface area contributed by atoms with E-state index in [2.05, 4.69) is 15.0 Å². The molecule has 0 unspecified atom stereocenters. The van der Waals surface area contributed by atoms with Crippen molar-refractivity contribution < 1.29 is 36.9 Å². The highest BCUT2D eigenvalue weighted by Crippen LogP contribution is 2.28. The van der Waals surface area contributed by atoms with Crippen LogP contribution in [0.5, 0.6) is 17.2 Å². The first-order valence-electron chi connectivity index (χ1n) is 10.6. The molecule has 0 radical (unpaired) electrons. The summed E-state index contributed by atoms with van der Waals surface area (Å²) in [5, 5.41) is 2.62. The van der Waals surface area contributed by atoms with Gasteiger partial charge in [0.15, 0.2) is 5.60 Å². The SMILES string of the molecule is C[C@]1(COc2ccc(N3CCC(Oc4ccc(OC(F)(F)F)cc4)CC3)cc2)CNC(=O)O1. The average molecular weight is 466 g/mol. The van der Waals surface area contributed by atoms with Crippen LogP contribution in [0.1, 0.15) is 19.8 Å². The molecule has 0 aliphatic carbocycles. The van der Waals surface area contributed by atoms with E-state index in [1.165, 1.54) is 24.3 Å². The number of nitrogens with one attached hydrogen (secondary N) is 1. The van der Waals surface area contributed by atoms with E-state index in [-0.39, 0.29) is 18.5 Å². The fraction of sp³-hybridized carbons (Fsp3) is 0.435. The summed E-state index contributed by atoms with van der Waals surface area (Å²) in [6.45, 7) is 4.07. The second-order valence-corrected chi connectivity index (χ2v) is 8.30. The third kappa shape index (κ3) is 6.36. The Balaban J connectivity index is 1.23. The maximum atomic E-state index is 12.3. The maximum Gasteiger partial charge on any atom is 0.573 e. The third-order valence-electron chi connectivity index (χ3n) is 5.49. The van der Waals surface area contributed by atoms with Crippen molar-refractivity contribution in [2.45, 2.75) is 37.8 Å². The number of alkyl halides is 3. The normalized spacial score (nSPS) is 21.3. The zero-order valence-corrected chi connectivity index (χ0v) is 18.1. The summed E-state index contributed by atoms with van der Waals surface area (Å²) in [5.41, 5.74) is 0.387. The number of cyclic esters (lactones) is 1. The van der Waals surface area contributed by atoms with Crippen LogP contribution in [0.15, 0.2) is 48.5 Å². The van der Waals surface area contributed by atoms with Gasteiger partial charge in [-0.15, -0.1) is 13.2 Å². The molecule has 1 atom stereocenters. The summed E-state index contributed by atoms with van der Waals surface area (Å²) in [7, 11) is 0. The fourth-order valence-corrected chi connectivity index (χ4v) is 3.77. The van der Waals surface area contributed by atoms with Crippen LogP contribution in [0, 0.1) is 0 Å². The van der Waals surface area contributed by atoms with Gasteiger partial charge in [-0.1, -0.05) is 0 Å². The summed E-state index contributed by atoms with van der Waals surface area (Å²) < 4.78 is 57.6. The van der Waals surface area contributed by atoms with Crippen molar-refractivity contribution in [3.8, 4) is 17.2 Å². The van der Waals surface area contributed by atoms with E-state index in [9.17, 15) is 18.0 Å². The van der Waals surface area contributed by atoms with Crippen LogP contribution in [-0.4, -0.2) is 50.4 Å². The molecule has 33 heavy (non-hydrogen) atoms. The summed E-state index contributed by atoms with van der Waals surface area (Å²) in [6.07, 6.45) is -3.58. The molecule has 0 spiro atoms. The van der Waals surface area contributed by atoms with E-state index < -0.39 is 18.1 Å². The number of amides is 1. The number of hydrogen-bond acceptors (Lipinski definition) is 6. The summed E-state index contributed by atoms with van der Waals surface area (Å²) in [5.74, 6) is 0.938. The van der Waals surface area contributed by atoms with Crippen LogP contribution in [-0.2, 0) is 4.74 Å². The lowest BCUT2D eigenvalue weighted by atomic mass is 10.1. The van der Waals surface area contributed by atoms with Crippen molar-refractivity contribution in [2.24, 2.45) is 0 Å². The molecule has 0 aromatic heterocycles. The summed E-state index contributed by atoms with van der Waals surface area (Å²) in [4.78, 5) is 13.5. The maximum absolute atomic E-state index is 12.3. The monoisotopic (exact) mass is 466 g/mol. The smallest absolute Gasteiger partial charge is 0.490 e. The Labute approximate surface area is 189 Å². The molecule has 2 aromatic carbocycles. The molecular weight excluding hydrogens is 441 g/mol. The Morgan fingerprint density at radius 3 is 2.21 bits per heavy atom. The fourth-order valence-electron chi connectivity index (χ4n) is 3.77. The van der Waals surface area contributed by atoms with Crippen molar-refractivity contribution in [3.63, 3.8) is 0 Å². The second-order valence-electron chi connectivity index (χ2n) is 8.30. The van der Waals surface area contributed by atoms with Crippen LogP contribution in [0.2, 0.25) is 0 Å². The average Bonchev–Trinajstić information content (AvgIpc) is 3.12. The van der Waals surface area contributed by atoms with Gasteiger partial charge in [-0.25, -0.2) is 4.79 Å². The number of benzene rings is 2. The van der Waals surface area contributed by atoms with Crippen LogP contribution in [0.25, 0.3) is 0 Å². The number of alkyl carbamates (subject to hydrolysis) is 1. The number of rotatable bonds is 7. The van der Waals surface area contributed by atoms with Crippen molar-refractivity contribution in [2.75, 3.05) is 31.1 Å². The third-order valence-corrected chi connectivity index (χ3v) is 5.49.